The van der Waals surface area contributed by atoms with Gasteiger partial charge in [0.05, 0.1) is 6.42 Å². The zero-order valence-corrected chi connectivity index (χ0v) is 18.1. The second-order valence-electron chi connectivity index (χ2n) is 10.4. The molecule has 1 N–H and O–H groups in total. The lowest BCUT2D eigenvalue weighted by molar-refractivity contribution is -0.150. The highest BCUT2D eigenvalue weighted by atomic mass is 16.5. The fourth-order valence-electron chi connectivity index (χ4n) is 6.42. The molecule has 5 nitrogen and oxygen atoms in total. The van der Waals surface area contributed by atoms with E-state index in [1.54, 1.807) is 24.3 Å². The summed E-state index contributed by atoms with van der Waals surface area (Å²) >= 11 is 0. The van der Waals surface area contributed by atoms with Gasteiger partial charge < -0.3 is 10.1 Å². The van der Waals surface area contributed by atoms with Gasteiger partial charge in [-0.15, -0.1) is 0 Å². The highest BCUT2D eigenvalue weighted by Crippen LogP contribution is 2.61. The Morgan fingerprint density at radius 3 is 2.10 bits per heavy atom. The van der Waals surface area contributed by atoms with Gasteiger partial charge in [0.25, 0.3) is 0 Å². The first-order valence-corrected chi connectivity index (χ1v) is 11.4. The summed E-state index contributed by atoms with van der Waals surface area (Å²) in [6.07, 6.45) is 8.44. The minimum Gasteiger partial charge on any atom is -0.457 e. The maximum atomic E-state index is 12.5. The molecular weight excluding hydrogens is 378 g/mol. The Kier molecular flexibility index (Phi) is 5.99. The van der Waals surface area contributed by atoms with Gasteiger partial charge >= 0.3 is 5.97 Å². The quantitative estimate of drug-likeness (QED) is 0.482. The summed E-state index contributed by atoms with van der Waals surface area (Å²) in [6, 6.07) is 6.76. The van der Waals surface area contributed by atoms with Crippen LogP contribution in [0.5, 0.6) is 0 Å². The topological polar surface area (TPSA) is 72.5 Å². The van der Waals surface area contributed by atoms with E-state index in [1.165, 1.54) is 19.3 Å². The number of Topliss-reactive ketones (excluding diaryl/α,β-unsaturated/α-hetero) is 1. The van der Waals surface area contributed by atoms with Crippen LogP contribution in [0.2, 0.25) is 0 Å². The number of benzene rings is 1. The zero-order valence-electron chi connectivity index (χ0n) is 18.1. The van der Waals surface area contributed by atoms with Crippen LogP contribution in [0.15, 0.2) is 24.3 Å². The van der Waals surface area contributed by atoms with E-state index in [-0.39, 0.29) is 29.7 Å². The first-order valence-electron chi connectivity index (χ1n) is 11.4. The predicted molar refractivity (Wildman–Crippen MR) is 115 cm³/mol. The average molecular weight is 412 g/mol. The molecule has 4 saturated carbocycles. The van der Waals surface area contributed by atoms with E-state index < -0.39 is 0 Å². The molecule has 0 atom stereocenters. The van der Waals surface area contributed by atoms with Crippen LogP contribution in [-0.2, 0) is 14.3 Å². The number of hydrogen-bond donors (Lipinski definition) is 1. The molecule has 0 heterocycles. The van der Waals surface area contributed by atoms with E-state index in [9.17, 15) is 14.4 Å². The Hall–Kier alpha value is -2.17. The third kappa shape index (κ3) is 4.93. The number of anilines is 1. The van der Waals surface area contributed by atoms with Crippen LogP contribution in [0.3, 0.4) is 0 Å². The SMILES string of the molecule is CC(C)CC(=O)Nc1ccc(C(=O)COC(=O)CC23CC4CC(CC(C4)C2)C3)cc1. The van der Waals surface area contributed by atoms with Crippen molar-refractivity contribution in [3.8, 4) is 0 Å². The van der Waals surface area contributed by atoms with Crippen LogP contribution in [0.4, 0.5) is 5.69 Å². The molecule has 5 rings (SSSR count). The van der Waals surface area contributed by atoms with Gasteiger partial charge in [-0.3, -0.25) is 14.4 Å². The van der Waals surface area contributed by atoms with Crippen LogP contribution in [0.25, 0.3) is 0 Å². The van der Waals surface area contributed by atoms with Gasteiger partial charge in [-0.2, -0.15) is 0 Å². The number of hydrogen-bond acceptors (Lipinski definition) is 4. The molecule has 0 spiro atoms. The molecule has 4 aliphatic rings. The van der Waals surface area contributed by atoms with Crippen LogP contribution in [0, 0.1) is 29.1 Å². The van der Waals surface area contributed by atoms with E-state index in [0.717, 1.165) is 37.0 Å². The molecule has 0 aliphatic heterocycles. The lowest BCUT2D eigenvalue weighted by Crippen LogP contribution is -2.47. The summed E-state index contributed by atoms with van der Waals surface area (Å²) in [5.74, 6) is 2.19. The maximum absolute atomic E-state index is 12.5. The molecule has 0 aromatic heterocycles. The van der Waals surface area contributed by atoms with Crippen LogP contribution in [-0.4, -0.2) is 24.3 Å². The fraction of sp³-hybridized carbons (Fsp3) is 0.640. The molecule has 1 amide bonds. The summed E-state index contributed by atoms with van der Waals surface area (Å²) in [7, 11) is 0. The second-order valence-corrected chi connectivity index (χ2v) is 10.4. The average Bonchev–Trinajstić information content (AvgIpc) is 2.64. The number of carbonyl (C=O) groups excluding carboxylic acids is 3. The summed E-state index contributed by atoms with van der Waals surface area (Å²) < 4.78 is 5.38. The smallest absolute Gasteiger partial charge is 0.306 e. The van der Waals surface area contributed by atoms with Crippen molar-refractivity contribution in [2.75, 3.05) is 11.9 Å². The molecule has 1 aromatic carbocycles. The van der Waals surface area contributed by atoms with Gasteiger partial charge in [0.1, 0.15) is 0 Å². The zero-order chi connectivity index (χ0) is 21.3. The number of amides is 1. The summed E-state index contributed by atoms with van der Waals surface area (Å²) in [5.41, 5.74) is 1.28. The molecule has 0 saturated heterocycles. The van der Waals surface area contributed by atoms with Crippen molar-refractivity contribution in [1.29, 1.82) is 0 Å². The molecule has 30 heavy (non-hydrogen) atoms. The maximum Gasteiger partial charge on any atom is 0.306 e. The van der Waals surface area contributed by atoms with E-state index in [2.05, 4.69) is 5.32 Å². The van der Waals surface area contributed by atoms with Gasteiger partial charge in [-0.1, -0.05) is 13.8 Å². The van der Waals surface area contributed by atoms with Gasteiger partial charge in [0.2, 0.25) is 5.91 Å². The van der Waals surface area contributed by atoms with Crippen molar-refractivity contribution in [2.24, 2.45) is 29.1 Å². The highest BCUT2D eigenvalue weighted by Gasteiger charge is 2.51. The molecule has 4 aliphatic carbocycles. The molecule has 4 fully saturated rings. The predicted octanol–water partition coefficient (Wildman–Crippen LogP) is 5.00. The molecule has 0 radical (unpaired) electrons. The number of carbonyl (C=O) groups is 3. The third-order valence-electron chi connectivity index (χ3n) is 7.13. The van der Waals surface area contributed by atoms with Gasteiger partial charge in [0.15, 0.2) is 12.4 Å². The lowest BCUT2D eigenvalue weighted by Gasteiger charge is -2.56. The van der Waals surface area contributed by atoms with E-state index >= 15 is 0 Å². The molecule has 0 unspecified atom stereocenters. The van der Waals surface area contributed by atoms with Gasteiger partial charge in [0, 0.05) is 17.7 Å². The minimum atomic E-state index is -0.233. The van der Waals surface area contributed by atoms with Gasteiger partial charge in [-0.25, -0.2) is 0 Å². The molecule has 5 heteroatoms. The van der Waals surface area contributed by atoms with E-state index in [0.29, 0.717) is 30.0 Å². The van der Waals surface area contributed by atoms with E-state index in [4.69, 9.17) is 4.74 Å². The van der Waals surface area contributed by atoms with Crippen molar-refractivity contribution in [3.05, 3.63) is 29.8 Å². The van der Waals surface area contributed by atoms with Crippen LogP contribution >= 0.6 is 0 Å². The summed E-state index contributed by atoms with van der Waals surface area (Å²) in [4.78, 5) is 36.8. The second kappa shape index (κ2) is 8.52. The number of nitrogens with one attached hydrogen (secondary N) is 1. The number of ketones is 1. The standard InChI is InChI=1S/C25H33NO4/c1-16(2)7-23(28)26-21-5-3-20(4-6-21)22(27)15-30-24(29)14-25-11-17-8-18(12-25)10-19(9-17)13-25/h3-6,16-19H,7-15H2,1-2H3,(H,26,28). The Balaban J connectivity index is 1.25. The highest BCUT2D eigenvalue weighted by molar-refractivity contribution is 5.98. The molecule has 162 valence electrons. The van der Waals surface area contributed by atoms with E-state index in [1.807, 2.05) is 13.8 Å². The van der Waals surface area contributed by atoms with Gasteiger partial charge in [-0.05, 0) is 91.9 Å². The number of ether oxygens (including phenoxy) is 1. The Labute approximate surface area is 178 Å². The lowest BCUT2D eigenvalue weighted by atomic mass is 9.49. The Bertz CT molecular complexity index is 776. The van der Waals surface area contributed by atoms with Crippen molar-refractivity contribution in [3.63, 3.8) is 0 Å². The largest absolute Gasteiger partial charge is 0.457 e. The molecular formula is C25H33NO4. The molecule has 1 aromatic rings. The minimum absolute atomic E-state index is 0.0392. The first-order chi connectivity index (χ1) is 14.3. The Morgan fingerprint density at radius 2 is 1.57 bits per heavy atom. The first kappa shape index (κ1) is 21.1. The number of esters is 1. The van der Waals surface area contributed by atoms with Crippen molar-refractivity contribution in [2.45, 2.75) is 65.2 Å². The van der Waals surface area contributed by atoms with Crippen molar-refractivity contribution < 1.29 is 19.1 Å². The van der Waals surface area contributed by atoms with Crippen molar-refractivity contribution in [1.82, 2.24) is 0 Å². The molecule has 4 bridgehead atoms. The summed E-state index contributed by atoms with van der Waals surface area (Å²) in [6.45, 7) is 3.77. The third-order valence-corrected chi connectivity index (χ3v) is 7.13. The number of rotatable bonds is 8. The van der Waals surface area contributed by atoms with Crippen LogP contribution in [0.1, 0.15) is 75.6 Å². The Morgan fingerprint density at radius 1 is 1.00 bits per heavy atom. The van der Waals surface area contributed by atoms with Crippen LogP contribution < -0.4 is 5.32 Å². The monoisotopic (exact) mass is 411 g/mol. The fourth-order valence-corrected chi connectivity index (χ4v) is 6.42. The normalized spacial score (nSPS) is 29.1. The van der Waals surface area contributed by atoms with Crippen molar-refractivity contribution >= 4 is 23.3 Å². The summed E-state index contributed by atoms with van der Waals surface area (Å²) in [5, 5.41) is 2.83.